The monoisotopic (exact) mass is 220 g/mol. The highest BCUT2D eigenvalue weighted by atomic mass is 19.1. The minimum atomic E-state index is -1.90. The Morgan fingerprint density at radius 2 is 2.00 bits per heavy atom. The molecule has 0 aromatic carbocycles. The smallest absolute Gasteiger partial charge is 0.343 e. The summed E-state index contributed by atoms with van der Waals surface area (Å²) < 4.78 is 17.6. The van der Waals surface area contributed by atoms with Crippen LogP contribution in [0.3, 0.4) is 0 Å². The lowest BCUT2D eigenvalue weighted by atomic mass is 10.1. The van der Waals surface area contributed by atoms with Gasteiger partial charge in [-0.15, -0.1) is 0 Å². The molecule has 0 rings (SSSR count). The molecule has 0 aliphatic carbocycles. The van der Waals surface area contributed by atoms with Crippen molar-refractivity contribution in [3.8, 4) is 0 Å². The molecule has 0 radical (unpaired) electrons. The van der Waals surface area contributed by atoms with Crippen molar-refractivity contribution >= 4 is 5.97 Å². The van der Waals surface area contributed by atoms with Gasteiger partial charge in [0.2, 0.25) is 6.17 Å². The summed E-state index contributed by atoms with van der Waals surface area (Å²) in [4.78, 5) is 10.9. The van der Waals surface area contributed by atoms with Crippen LogP contribution in [-0.2, 0) is 9.53 Å². The van der Waals surface area contributed by atoms with Crippen LogP contribution in [0.15, 0.2) is 0 Å². The lowest BCUT2D eigenvalue weighted by Gasteiger charge is -2.14. The molecule has 0 amide bonds. The Labute approximate surface area is 90.6 Å². The molecule has 3 nitrogen and oxygen atoms in total. The van der Waals surface area contributed by atoms with Crippen molar-refractivity contribution in [2.75, 3.05) is 6.61 Å². The van der Waals surface area contributed by atoms with Gasteiger partial charge in [-0.05, 0) is 13.3 Å². The second-order valence-corrected chi connectivity index (χ2v) is 3.57. The maximum absolute atomic E-state index is 13.2. The van der Waals surface area contributed by atoms with Gasteiger partial charge in [-0.3, -0.25) is 0 Å². The average molecular weight is 220 g/mol. The fourth-order valence-electron chi connectivity index (χ4n) is 1.31. The van der Waals surface area contributed by atoms with Crippen LogP contribution in [0.2, 0.25) is 0 Å². The average Bonchev–Trinajstić information content (AvgIpc) is 2.23. The highest BCUT2D eigenvalue weighted by Gasteiger charge is 2.26. The maximum atomic E-state index is 13.2. The van der Waals surface area contributed by atoms with Crippen molar-refractivity contribution in [2.45, 2.75) is 58.2 Å². The Balaban J connectivity index is 3.68. The third-order valence-corrected chi connectivity index (χ3v) is 2.20. The number of ether oxygens (including phenoxy) is 1. The van der Waals surface area contributed by atoms with E-state index in [1.54, 1.807) is 6.92 Å². The van der Waals surface area contributed by atoms with Gasteiger partial charge in [0.1, 0.15) is 0 Å². The second kappa shape index (κ2) is 8.65. The fraction of sp³-hybridized carbons (Fsp3) is 0.909. The van der Waals surface area contributed by atoms with Crippen molar-refractivity contribution in [1.82, 2.24) is 0 Å². The molecule has 90 valence electrons. The van der Waals surface area contributed by atoms with Crippen LogP contribution >= 0.6 is 0 Å². The van der Waals surface area contributed by atoms with E-state index in [1.807, 2.05) is 0 Å². The lowest BCUT2D eigenvalue weighted by Crippen LogP contribution is -2.31. The number of carbonyl (C=O) groups excluding carboxylic acids is 1. The second-order valence-electron chi connectivity index (χ2n) is 3.57. The SMILES string of the molecule is CCCCCC[C@@H](O)[C@H](F)C(=O)OCC. The van der Waals surface area contributed by atoms with Gasteiger partial charge in [0.05, 0.1) is 12.7 Å². The molecule has 0 heterocycles. The van der Waals surface area contributed by atoms with Crippen molar-refractivity contribution in [3.05, 3.63) is 0 Å². The van der Waals surface area contributed by atoms with Crippen molar-refractivity contribution in [2.24, 2.45) is 0 Å². The molecule has 15 heavy (non-hydrogen) atoms. The first kappa shape index (κ1) is 14.4. The number of halogens is 1. The molecule has 0 saturated heterocycles. The zero-order valence-electron chi connectivity index (χ0n) is 9.54. The van der Waals surface area contributed by atoms with E-state index in [9.17, 15) is 14.3 Å². The van der Waals surface area contributed by atoms with Gasteiger partial charge in [0.15, 0.2) is 0 Å². The molecule has 4 heteroatoms. The Morgan fingerprint density at radius 1 is 1.33 bits per heavy atom. The predicted molar refractivity (Wildman–Crippen MR) is 56.3 cm³/mol. The zero-order valence-corrected chi connectivity index (χ0v) is 9.54. The Hall–Kier alpha value is -0.640. The van der Waals surface area contributed by atoms with Crippen LogP contribution in [0.1, 0.15) is 46.0 Å². The molecule has 0 aromatic heterocycles. The standard InChI is InChI=1S/C11H21FO3/c1-3-5-6-7-8-9(13)10(12)11(14)15-4-2/h9-10,13H,3-8H2,1-2H3/t9-,10+/m1/s1. The summed E-state index contributed by atoms with van der Waals surface area (Å²) in [5, 5.41) is 9.34. The first-order chi connectivity index (χ1) is 7.13. The maximum Gasteiger partial charge on any atom is 0.343 e. The summed E-state index contributed by atoms with van der Waals surface area (Å²) in [7, 11) is 0. The van der Waals surface area contributed by atoms with Crippen molar-refractivity contribution < 1.29 is 19.0 Å². The normalized spacial score (nSPS) is 14.7. The van der Waals surface area contributed by atoms with Gasteiger partial charge in [-0.1, -0.05) is 32.6 Å². The largest absolute Gasteiger partial charge is 0.464 e. The van der Waals surface area contributed by atoms with Crippen LogP contribution in [0.4, 0.5) is 4.39 Å². The van der Waals surface area contributed by atoms with Crippen molar-refractivity contribution in [1.29, 1.82) is 0 Å². The minimum Gasteiger partial charge on any atom is -0.464 e. The molecule has 0 bridgehead atoms. The Morgan fingerprint density at radius 3 is 2.53 bits per heavy atom. The molecule has 0 aliphatic rings. The van der Waals surface area contributed by atoms with Gasteiger partial charge >= 0.3 is 5.97 Å². The summed E-state index contributed by atoms with van der Waals surface area (Å²) >= 11 is 0. The number of hydrogen-bond donors (Lipinski definition) is 1. The van der Waals surface area contributed by atoms with Crippen LogP contribution in [0.5, 0.6) is 0 Å². The minimum absolute atomic E-state index is 0.141. The molecule has 0 unspecified atom stereocenters. The number of aliphatic hydroxyl groups is 1. The quantitative estimate of drug-likeness (QED) is 0.504. The summed E-state index contributed by atoms with van der Waals surface area (Å²) in [5.74, 6) is -0.958. The summed E-state index contributed by atoms with van der Waals surface area (Å²) in [6, 6.07) is 0. The topological polar surface area (TPSA) is 46.5 Å². The van der Waals surface area contributed by atoms with Crippen molar-refractivity contribution in [3.63, 3.8) is 0 Å². The molecule has 2 atom stereocenters. The Kier molecular flexibility index (Phi) is 8.28. The number of hydrogen-bond acceptors (Lipinski definition) is 3. The van der Waals surface area contributed by atoms with E-state index in [0.717, 1.165) is 25.7 Å². The van der Waals surface area contributed by atoms with Crippen LogP contribution in [-0.4, -0.2) is 30.0 Å². The van der Waals surface area contributed by atoms with Gasteiger partial charge in [0.25, 0.3) is 0 Å². The number of rotatable bonds is 8. The van der Waals surface area contributed by atoms with Gasteiger partial charge in [0, 0.05) is 0 Å². The van der Waals surface area contributed by atoms with Gasteiger partial charge < -0.3 is 9.84 Å². The summed E-state index contributed by atoms with van der Waals surface area (Å²) in [6.45, 7) is 3.83. The van der Waals surface area contributed by atoms with E-state index in [1.165, 1.54) is 0 Å². The predicted octanol–water partition coefficient (Wildman–Crippen LogP) is 2.22. The van der Waals surface area contributed by atoms with E-state index >= 15 is 0 Å². The number of carbonyl (C=O) groups is 1. The lowest BCUT2D eigenvalue weighted by molar-refractivity contribution is -0.153. The number of unbranched alkanes of at least 4 members (excludes halogenated alkanes) is 3. The van der Waals surface area contributed by atoms with Crippen LogP contribution in [0, 0.1) is 0 Å². The molecular weight excluding hydrogens is 199 g/mol. The molecule has 0 aliphatic heterocycles. The summed E-state index contributed by atoms with van der Waals surface area (Å²) in [5.41, 5.74) is 0. The highest BCUT2D eigenvalue weighted by Crippen LogP contribution is 2.11. The van der Waals surface area contributed by atoms with E-state index in [0.29, 0.717) is 6.42 Å². The number of aliphatic hydroxyl groups excluding tert-OH is 1. The van der Waals surface area contributed by atoms with E-state index in [2.05, 4.69) is 11.7 Å². The molecule has 1 N–H and O–H groups in total. The highest BCUT2D eigenvalue weighted by molar-refractivity contribution is 5.75. The van der Waals surface area contributed by atoms with E-state index < -0.39 is 18.2 Å². The molecular formula is C11H21FO3. The number of alkyl halides is 1. The molecule has 0 fully saturated rings. The first-order valence-electron chi connectivity index (χ1n) is 5.62. The fourth-order valence-corrected chi connectivity index (χ4v) is 1.31. The number of esters is 1. The van der Waals surface area contributed by atoms with E-state index in [4.69, 9.17) is 0 Å². The molecule has 0 saturated carbocycles. The van der Waals surface area contributed by atoms with Gasteiger partial charge in [-0.2, -0.15) is 0 Å². The molecule has 0 spiro atoms. The van der Waals surface area contributed by atoms with Gasteiger partial charge in [-0.25, -0.2) is 9.18 Å². The zero-order chi connectivity index (χ0) is 11.7. The van der Waals surface area contributed by atoms with Crippen LogP contribution in [0.25, 0.3) is 0 Å². The first-order valence-corrected chi connectivity index (χ1v) is 5.62. The summed E-state index contributed by atoms with van der Waals surface area (Å²) in [6.07, 6.45) is 1.07. The molecule has 0 aromatic rings. The third kappa shape index (κ3) is 6.44. The Bertz CT molecular complexity index is 173. The van der Waals surface area contributed by atoms with E-state index in [-0.39, 0.29) is 6.61 Å². The van der Waals surface area contributed by atoms with Crippen LogP contribution < -0.4 is 0 Å². The third-order valence-electron chi connectivity index (χ3n) is 2.20.